The number of nitrogens with zero attached hydrogens (tertiary/aromatic N) is 2. The fourth-order valence-electron chi connectivity index (χ4n) is 5.74. The zero-order chi connectivity index (χ0) is 29.2. The Morgan fingerprint density at radius 2 is 1.52 bits per heavy atom. The van der Waals surface area contributed by atoms with Gasteiger partial charge >= 0.3 is 12.1 Å². The van der Waals surface area contributed by atoms with Crippen LogP contribution in [-0.2, 0) is 22.5 Å². The average molecular weight is 562 g/mol. The standard InChI is InChI=1S/C33H27N3O6/c37-32(38)30(34-33(39)42-20-29-27-10-3-1-8-25(27)26-9-2-4-11-28(26)29)17-22-19-35(31-12-6-5-7-24(22)31)18-21-13-15-23(16-14-21)36(40)41/h1-16,19,29-30H,17-18,20H2,(H,34,39)(H,37,38). The maximum atomic E-state index is 12.9. The first-order valence-corrected chi connectivity index (χ1v) is 13.5. The lowest BCUT2D eigenvalue weighted by molar-refractivity contribution is -0.384. The van der Waals surface area contributed by atoms with Gasteiger partial charge < -0.3 is 19.7 Å². The van der Waals surface area contributed by atoms with Crippen LogP contribution in [0.15, 0.2) is 103 Å². The van der Waals surface area contributed by atoms with E-state index in [0.717, 1.165) is 44.3 Å². The van der Waals surface area contributed by atoms with Crippen LogP contribution in [0.1, 0.15) is 28.2 Å². The lowest BCUT2D eigenvalue weighted by atomic mass is 9.98. The van der Waals surface area contributed by atoms with Gasteiger partial charge in [-0.15, -0.1) is 0 Å². The van der Waals surface area contributed by atoms with Crippen LogP contribution in [0.25, 0.3) is 22.0 Å². The molecule has 1 heterocycles. The number of fused-ring (bicyclic) bond motifs is 4. The number of hydrogen-bond donors (Lipinski definition) is 2. The molecule has 0 saturated carbocycles. The quantitative estimate of drug-likeness (QED) is 0.165. The fourth-order valence-corrected chi connectivity index (χ4v) is 5.74. The Morgan fingerprint density at radius 1 is 0.905 bits per heavy atom. The number of nitro benzene ring substituents is 1. The molecule has 0 bridgehead atoms. The molecule has 4 aromatic carbocycles. The summed E-state index contributed by atoms with van der Waals surface area (Å²) in [4.78, 5) is 35.6. The van der Waals surface area contributed by atoms with Gasteiger partial charge in [0.05, 0.1) is 4.92 Å². The molecule has 0 spiro atoms. The topological polar surface area (TPSA) is 124 Å². The van der Waals surface area contributed by atoms with Crippen molar-refractivity contribution >= 4 is 28.7 Å². The summed E-state index contributed by atoms with van der Waals surface area (Å²) < 4.78 is 7.56. The molecule has 2 N–H and O–H groups in total. The van der Waals surface area contributed by atoms with Crippen LogP contribution in [0.2, 0.25) is 0 Å². The Morgan fingerprint density at radius 3 is 2.17 bits per heavy atom. The minimum Gasteiger partial charge on any atom is -0.480 e. The number of hydrogen-bond acceptors (Lipinski definition) is 5. The van der Waals surface area contributed by atoms with Gasteiger partial charge in [0.25, 0.3) is 5.69 Å². The van der Waals surface area contributed by atoms with E-state index in [0.29, 0.717) is 6.54 Å². The van der Waals surface area contributed by atoms with E-state index in [2.05, 4.69) is 5.32 Å². The van der Waals surface area contributed by atoms with Crippen molar-refractivity contribution in [3.63, 3.8) is 0 Å². The molecule has 0 radical (unpaired) electrons. The summed E-state index contributed by atoms with van der Waals surface area (Å²) in [5.41, 5.74) is 6.87. The first-order chi connectivity index (χ1) is 20.4. The summed E-state index contributed by atoms with van der Waals surface area (Å²) in [6.07, 6.45) is 1.12. The van der Waals surface area contributed by atoms with E-state index in [1.807, 2.05) is 83.6 Å². The maximum Gasteiger partial charge on any atom is 0.407 e. The maximum absolute atomic E-state index is 12.9. The first-order valence-electron chi connectivity index (χ1n) is 13.5. The lowest BCUT2D eigenvalue weighted by Gasteiger charge is -2.17. The van der Waals surface area contributed by atoms with Crippen LogP contribution in [0.4, 0.5) is 10.5 Å². The van der Waals surface area contributed by atoms with Crippen LogP contribution in [0, 0.1) is 10.1 Å². The summed E-state index contributed by atoms with van der Waals surface area (Å²) in [6, 6.07) is 28.7. The number of para-hydroxylation sites is 1. The highest BCUT2D eigenvalue weighted by molar-refractivity contribution is 5.86. The number of carbonyl (C=O) groups excluding carboxylic acids is 1. The number of benzene rings is 4. The third-order valence-corrected chi connectivity index (χ3v) is 7.73. The summed E-state index contributed by atoms with van der Waals surface area (Å²) in [7, 11) is 0. The molecule has 9 nitrogen and oxygen atoms in total. The van der Waals surface area contributed by atoms with Gasteiger partial charge in [0, 0.05) is 48.1 Å². The Hall–Kier alpha value is -5.44. The number of aliphatic carboxylic acids is 1. The third-order valence-electron chi connectivity index (χ3n) is 7.73. The van der Waals surface area contributed by atoms with Gasteiger partial charge in [-0.25, -0.2) is 9.59 Å². The molecule has 1 aromatic heterocycles. The summed E-state index contributed by atoms with van der Waals surface area (Å²) in [5.74, 6) is -1.31. The van der Waals surface area contributed by atoms with E-state index in [9.17, 15) is 24.8 Å². The molecular formula is C33H27N3O6. The van der Waals surface area contributed by atoms with Crippen molar-refractivity contribution in [2.45, 2.75) is 24.9 Å². The highest BCUT2D eigenvalue weighted by Gasteiger charge is 2.30. The van der Waals surface area contributed by atoms with Crippen molar-refractivity contribution in [2.75, 3.05) is 6.61 Å². The number of nitro groups is 1. The second kappa shape index (κ2) is 11.2. The van der Waals surface area contributed by atoms with Crippen molar-refractivity contribution in [1.82, 2.24) is 9.88 Å². The molecule has 5 aromatic rings. The van der Waals surface area contributed by atoms with Crippen LogP contribution < -0.4 is 5.32 Å². The fraction of sp³-hybridized carbons (Fsp3) is 0.152. The predicted molar refractivity (Wildman–Crippen MR) is 157 cm³/mol. The molecule has 6 rings (SSSR count). The second-order valence-electron chi connectivity index (χ2n) is 10.3. The number of rotatable bonds is 9. The predicted octanol–water partition coefficient (Wildman–Crippen LogP) is 6.13. The highest BCUT2D eigenvalue weighted by Crippen LogP contribution is 2.44. The zero-order valence-corrected chi connectivity index (χ0v) is 22.5. The molecule has 0 aliphatic heterocycles. The highest BCUT2D eigenvalue weighted by atomic mass is 16.6. The van der Waals surface area contributed by atoms with Crippen molar-refractivity contribution in [3.05, 3.63) is 136 Å². The van der Waals surface area contributed by atoms with Gasteiger partial charge in [-0.1, -0.05) is 78.9 Å². The van der Waals surface area contributed by atoms with E-state index in [1.165, 1.54) is 12.1 Å². The van der Waals surface area contributed by atoms with Crippen molar-refractivity contribution < 1.29 is 24.4 Å². The van der Waals surface area contributed by atoms with Gasteiger partial charge in [-0.2, -0.15) is 0 Å². The van der Waals surface area contributed by atoms with Crippen molar-refractivity contribution in [1.29, 1.82) is 0 Å². The smallest absolute Gasteiger partial charge is 0.407 e. The average Bonchev–Trinajstić information content (AvgIpc) is 3.51. The minimum absolute atomic E-state index is 0.0143. The molecule has 1 amide bonds. The number of alkyl carbamates (subject to hydrolysis) is 1. The number of amides is 1. The van der Waals surface area contributed by atoms with Gasteiger partial charge in [-0.05, 0) is 39.4 Å². The monoisotopic (exact) mass is 561 g/mol. The number of carboxylic acids is 1. The summed E-state index contributed by atoms with van der Waals surface area (Å²) >= 11 is 0. The van der Waals surface area contributed by atoms with Crippen LogP contribution in [0.5, 0.6) is 0 Å². The Kier molecular flexibility index (Phi) is 7.14. The number of carbonyl (C=O) groups is 2. The van der Waals surface area contributed by atoms with Gasteiger partial charge in [0.15, 0.2) is 0 Å². The van der Waals surface area contributed by atoms with E-state index in [4.69, 9.17) is 4.74 Å². The number of carboxylic acid groups (broad SMARTS) is 1. The molecule has 0 fully saturated rings. The normalized spacial score (nSPS) is 12.9. The second-order valence-corrected chi connectivity index (χ2v) is 10.3. The molecule has 1 unspecified atom stereocenters. The molecular weight excluding hydrogens is 534 g/mol. The van der Waals surface area contributed by atoms with E-state index >= 15 is 0 Å². The molecule has 1 aliphatic carbocycles. The Bertz CT molecular complexity index is 1770. The molecule has 9 heteroatoms. The zero-order valence-electron chi connectivity index (χ0n) is 22.5. The molecule has 210 valence electrons. The largest absolute Gasteiger partial charge is 0.480 e. The third kappa shape index (κ3) is 5.19. The molecule has 0 saturated heterocycles. The van der Waals surface area contributed by atoms with Gasteiger partial charge in [0.1, 0.15) is 12.6 Å². The lowest BCUT2D eigenvalue weighted by Crippen LogP contribution is -2.42. The Balaban J connectivity index is 1.17. The number of nitrogens with one attached hydrogen (secondary N) is 1. The summed E-state index contributed by atoms with van der Waals surface area (Å²) in [6.45, 7) is 0.525. The SMILES string of the molecule is O=C(NC(Cc1cn(Cc2ccc([N+](=O)[O-])cc2)c2ccccc12)C(=O)O)OCC1c2ccccc2-c2ccccc21. The van der Waals surface area contributed by atoms with Crippen LogP contribution in [0.3, 0.4) is 0 Å². The molecule has 1 aliphatic rings. The Labute approximate surface area is 241 Å². The van der Waals surface area contributed by atoms with E-state index < -0.39 is 23.0 Å². The van der Waals surface area contributed by atoms with Crippen molar-refractivity contribution in [3.8, 4) is 11.1 Å². The molecule has 42 heavy (non-hydrogen) atoms. The molecule has 1 atom stereocenters. The van der Waals surface area contributed by atoms with Gasteiger partial charge in [-0.3, -0.25) is 10.1 Å². The number of aromatic nitrogens is 1. The minimum atomic E-state index is -1.21. The van der Waals surface area contributed by atoms with Crippen LogP contribution in [-0.4, -0.2) is 39.3 Å². The van der Waals surface area contributed by atoms with Gasteiger partial charge in [0.2, 0.25) is 0 Å². The first kappa shape index (κ1) is 26.8. The van der Waals surface area contributed by atoms with Crippen molar-refractivity contribution in [2.24, 2.45) is 0 Å². The van der Waals surface area contributed by atoms with Crippen LogP contribution >= 0.6 is 0 Å². The van der Waals surface area contributed by atoms with E-state index in [-0.39, 0.29) is 24.6 Å². The van der Waals surface area contributed by atoms with E-state index in [1.54, 1.807) is 12.1 Å². The number of non-ortho nitro benzene ring substituents is 1. The summed E-state index contributed by atoms with van der Waals surface area (Å²) in [5, 5.41) is 24.4. The number of ether oxygens (including phenoxy) is 1.